The molecule has 0 spiro atoms. The molecule has 5 nitrogen and oxygen atoms in total. The Bertz CT molecular complexity index is 828. The highest BCUT2D eigenvalue weighted by Crippen LogP contribution is 2.25. The molecule has 2 heterocycles. The van der Waals surface area contributed by atoms with Crippen LogP contribution in [-0.4, -0.2) is 20.5 Å². The van der Waals surface area contributed by atoms with E-state index < -0.39 is 0 Å². The second-order valence-corrected chi connectivity index (χ2v) is 5.09. The van der Waals surface area contributed by atoms with Crippen molar-refractivity contribution in [1.82, 2.24) is 9.90 Å². The summed E-state index contributed by atoms with van der Waals surface area (Å²) in [6, 6.07) is 13.9. The van der Waals surface area contributed by atoms with E-state index in [2.05, 4.69) is 11.3 Å². The fourth-order valence-electron chi connectivity index (χ4n) is 2.75. The minimum absolute atomic E-state index is 0. The van der Waals surface area contributed by atoms with E-state index in [1.54, 1.807) is 16.8 Å². The van der Waals surface area contributed by atoms with Gasteiger partial charge in [-0.1, -0.05) is 27.6 Å². The van der Waals surface area contributed by atoms with Gasteiger partial charge in [-0.2, -0.15) is 0 Å². The van der Waals surface area contributed by atoms with Crippen molar-refractivity contribution in [2.24, 2.45) is 0 Å². The maximum Gasteiger partial charge on any atom is 0.354 e. The number of aromatic hydroxyl groups is 1. The second kappa shape index (κ2) is 5.23. The summed E-state index contributed by atoms with van der Waals surface area (Å²) in [5.41, 5.74) is 3.60. The number of fused-ring (bicyclic) bond motifs is 3. The van der Waals surface area contributed by atoms with Crippen LogP contribution < -0.4 is 4.68 Å². The first-order valence-electron chi connectivity index (χ1n) is 6.81. The van der Waals surface area contributed by atoms with Crippen LogP contribution in [0.25, 0.3) is 11.4 Å². The van der Waals surface area contributed by atoms with Gasteiger partial charge in [0.1, 0.15) is 11.0 Å². The molecule has 1 aliphatic heterocycles. The Kier molecular flexibility index (Phi) is 3.38. The van der Waals surface area contributed by atoms with Crippen molar-refractivity contribution in [3.05, 3.63) is 65.6 Å². The summed E-state index contributed by atoms with van der Waals surface area (Å²) < 4.78 is 16.2. The van der Waals surface area contributed by atoms with E-state index in [4.69, 9.17) is 0 Å². The van der Waals surface area contributed by atoms with Crippen LogP contribution in [0.15, 0.2) is 48.5 Å². The summed E-state index contributed by atoms with van der Waals surface area (Å²) in [5.74, 6) is -0.204. The first-order chi connectivity index (χ1) is 10.2. The third-order valence-corrected chi connectivity index (χ3v) is 3.82. The zero-order valence-electron chi connectivity index (χ0n) is 11.6. The van der Waals surface area contributed by atoms with Gasteiger partial charge < -0.3 is 10.6 Å². The number of rotatable bonds is 1. The Morgan fingerprint density at radius 2 is 1.77 bits per heavy atom. The topological polar surface area (TPSA) is 71.9 Å². The van der Waals surface area contributed by atoms with Crippen LogP contribution in [0.5, 0.6) is 5.88 Å². The molecular formula is C16H14FN3O2. The van der Waals surface area contributed by atoms with Crippen LogP contribution in [0.2, 0.25) is 0 Å². The minimum atomic E-state index is -0.312. The predicted molar refractivity (Wildman–Crippen MR) is 76.1 cm³/mol. The lowest BCUT2D eigenvalue weighted by Crippen LogP contribution is -2.41. The third kappa shape index (κ3) is 2.05. The summed E-state index contributed by atoms with van der Waals surface area (Å²) in [6.45, 7) is 0. The fraction of sp³-hybridized carbons (Fsp3) is 0.125. The molecule has 0 saturated heterocycles. The van der Waals surface area contributed by atoms with Crippen molar-refractivity contribution in [3.8, 4) is 17.3 Å². The van der Waals surface area contributed by atoms with E-state index in [1.165, 1.54) is 22.4 Å². The molecule has 3 aromatic rings. The van der Waals surface area contributed by atoms with Gasteiger partial charge in [0.2, 0.25) is 5.69 Å². The molecule has 0 aliphatic carbocycles. The van der Waals surface area contributed by atoms with E-state index in [-0.39, 0.29) is 17.2 Å². The molecule has 4 rings (SSSR count). The number of halogens is 1. The lowest BCUT2D eigenvalue weighted by atomic mass is 10.0. The molecule has 0 bridgehead atoms. The summed E-state index contributed by atoms with van der Waals surface area (Å²) in [5, 5.41) is 14.9. The largest absolute Gasteiger partial charge is 0.870 e. The maximum absolute atomic E-state index is 13.0. The second-order valence-electron chi connectivity index (χ2n) is 5.09. The quantitative estimate of drug-likeness (QED) is 0.698. The highest BCUT2D eigenvalue weighted by molar-refractivity contribution is 5.39. The van der Waals surface area contributed by atoms with Crippen molar-refractivity contribution >= 4 is 0 Å². The normalized spacial score (nSPS) is 12.2. The summed E-state index contributed by atoms with van der Waals surface area (Å²) >= 11 is 0. The molecule has 2 aromatic carbocycles. The van der Waals surface area contributed by atoms with Gasteiger partial charge in [-0.3, -0.25) is 0 Å². The zero-order chi connectivity index (χ0) is 14.4. The smallest absolute Gasteiger partial charge is 0.354 e. The highest BCUT2D eigenvalue weighted by Gasteiger charge is 2.32. The van der Waals surface area contributed by atoms with Crippen LogP contribution in [0.1, 0.15) is 11.3 Å². The number of hydrogen-bond donors (Lipinski definition) is 1. The van der Waals surface area contributed by atoms with Gasteiger partial charge >= 0.3 is 5.88 Å². The van der Waals surface area contributed by atoms with Gasteiger partial charge in [0, 0.05) is 12.0 Å². The van der Waals surface area contributed by atoms with E-state index >= 15 is 0 Å². The molecule has 2 N–H and O–H groups in total. The Morgan fingerprint density at radius 1 is 1.05 bits per heavy atom. The molecule has 0 radical (unpaired) electrons. The van der Waals surface area contributed by atoms with Crippen LogP contribution in [-0.2, 0) is 12.8 Å². The molecule has 0 saturated carbocycles. The number of benzene rings is 2. The van der Waals surface area contributed by atoms with Crippen LogP contribution in [0, 0.1) is 5.82 Å². The van der Waals surface area contributed by atoms with Crippen LogP contribution >= 0.6 is 0 Å². The SMILES string of the molecule is Oc1c2[n+](nn1-c1ccc(F)cc1)-c1ccccc1CC2.[OH-]. The van der Waals surface area contributed by atoms with Crippen molar-refractivity contribution < 1.29 is 19.7 Å². The summed E-state index contributed by atoms with van der Waals surface area (Å²) in [7, 11) is 0. The molecule has 0 fully saturated rings. The summed E-state index contributed by atoms with van der Waals surface area (Å²) in [6.07, 6.45) is 1.60. The van der Waals surface area contributed by atoms with Gasteiger partial charge in [0.25, 0.3) is 0 Å². The Hall–Kier alpha value is -2.73. The first-order valence-corrected chi connectivity index (χ1v) is 6.81. The maximum atomic E-state index is 13.0. The van der Waals surface area contributed by atoms with Crippen molar-refractivity contribution in [3.63, 3.8) is 0 Å². The number of aromatic nitrogens is 3. The minimum Gasteiger partial charge on any atom is -0.870 e. The molecule has 0 atom stereocenters. The Labute approximate surface area is 126 Å². The van der Waals surface area contributed by atoms with E-state index in [0.717, 1.165) is 24.2 Å². The van der Waals surface area contributed by atoms with E-state index in [9.17, 15) is 9.50 Å². The van der Waals surface area contributed by atoms with E-state index in [1.807, 2.05) is 18.2 Å². The molecule has 0 unspecified atom stereocenters. The lowest BCUT2D eigenvalue weighted by molar-refractivity contribution is -0.671. The van der Waals surface area contributed by atoms with Gasteiger partial charge in [0.05, 0.1) is 0 Å². The molecular weight excluding hydrogens is 285 g/mol. The zero-order valence-corrected chi connectivity index (χ0v) is 11.6. The number of aryl methyl sites for hydroxylation is 1. The highest BCUT2D eigenvalue weighted by atomic mass is 19.1. The molecule has 0 amide bonds. The number of para-hydroxylation sites is 1. The van der Waals surface area contributed by atoms with Crippen molar-refractivity contribution in [2.45, 2.75) is 12.8 Å². The first kappa shape index (κ1) is 14.2. The third-order valence-electron chi connectivity index (χ3n) is 3.82. The van der Waals surface area contributed by atoms with Crippen LogP contribution in [0.4, 0.5) is 4.39 Å². The van der Waals surface area contributed by atoms with Crippen molar-refractivity contribution in [2.75, 3.05) is 0 Å². The molecule has 1 aromatic heterocycles. The molecule has 1 aliphatic rings. The van der Waals surface area contributed by atoms with Crippen LogP contribution in [0.3, 0.4) is 0 Å². The van der Waals surface area contributed by atoms with Gasteiger partial charge in [-0.25, -0.2) is 4.39 Å². The average molecular weight is 299 g/mol. The van der Waals surface area contributed by atoms with Gasteiger partial charge in [0.15, 0.2) is 11.4 Å². The monoisotopic (exact) mass is 299 g/mol. The Balaban J connectivity index is 0.00000144. The average Bonchev–Trinajstić information content (AvgIpc) is 2.86. The standard InChI is InChI=1S/C16H12FN3O.H2O/c17-12-6-8-13(9-7-12)19-16(21)15-10-5-11-3-1-2-4-14(11)20(15)18-19;/h1-4,6-9H,5,10H2;1H2. The Morgan fingerprint density at radius 3 is 2.55 bits per heavy atom. The lowest BCUT2D eigenvalue weighted by Gasteiger charge is -2.09. The molecule has 112 valence electrons. The predicted octanol–water partition coefficient (Wildman–Crippen LogP) is 1.92. The van der Waals surface area contributed by atoms with Crippen molar-refractivity contribution in [1.29, 1.82) is 0 Å². The number of nitrogens with zero attached hydrogens (tertiary/aromatic N) is 3. The summed E-state index contributed by atoms with van der Waals surface area (Å²) in [4.78, 5) is 0. The molecule has 22 heavy (non-hydrogen) atoms. The van der Waals surface area contributed by atoms with Gasteiger partial charge in [-0.05, 0) is 36.8 Å². The fourth-order valence-corrected chi connectivity index (χ4v) is 2.75. The molecule has 6 heteroatoms. The van der Waals surface area contributed by atoms with Gasteiger partial charge in [-0.15, -0.1) is 0 Å². The van der Waals surface area contributed by atoms with E-state index in [0.29, 0.717) is 5.69 Å². The number of hydrogen-bond acceptors (Lipinski definition) is 3.